The summed E-state index contributed by atoms with van der Waals surface area (Å²) in [5.41, 5.74) is 4.50. The van der Waals surface area contributed by atoms with Crippen LogP contribution in [0, 0.1) is 0 Å². The van der Waals surface area contributed by atoms with E-state index >= 15 is 0 Å². The van der Waals surface area contributed by atoms with Gasteiger partial charge in [-0.3, -0.25) is 9.69 Å². The maximum atomic E-state index is 12.9. The third kappa shape index (κ3) is 5.04. The summed E-state index contributed by atoms with van der Waals surface area (Å²) in [6, 6.07) is 13.7. The van der Waals surface area contributed by atoms with Gasteiger partial charge in [-0.05, 0) is 86.1 Å². The zero-order valence-electron chi connectivity index (χ0n) is 18.8. The smallest absolute Gasteiger partial charge is 0.387 e. The number of rotatable bonds is 6. The second kappa shape index (κ2) is 9.77. The minimum atomic E-state index is -2.79. The van der Waals surface area contributed by atoms with Gasteiger partial charge in [0.1, 0.15) is 5.75 Å². The molecule has 1 amide bonds. The number of hydrogen-bond acceptors (Lipinski definition) is 4. The van der Waals surface area contributed by atoms with Gasteiger partial charge in [-0.15, -0.1) is 0 Å². The maximum Gasteiger partial charge on any atom is 0.387 e. The fourth-order valence-electron chi connectivity index (χ4n) is 5.47. The van der Waals surface area contributed by atoms with Gasteiger partial charge in [0, 0.05) is 31.2 Å². The number of halogens is 2. The van der Waals surface area contributed by atoms with E-state index in [1.807, 2.05) is 18.2 Å². The molecule has 2 aromatic carbocycles. The number of benzene rings is 2. The van der Waals surface area contributed by atoms with Crippen molar-refractivity contribution in [2.75, 3.05) is 26.2 Å². The van der Waals surface area contributed by atoms with Crippen molar-refractivity contribution in [2.24, 2.45) is 0 Å². The van der Waals surface area contributed by atoms with E-state index in [-0.39, 0.29) is 11.7 Å². The summed E-state index contributed by atoms with van der Waals surface area (Å²) in [6.07, 6.45) is 4.37. The molecule has 3 heterocycles. The van der Waals surface area contributed by atoms with Crippen molar-refractivity contribution >= 4 is 5.91 Å². The zero-order valence-corrected chi connectivity index (χ0v) is 18.8. The Morgan fingerprint density at radius 1 is 1.06 bits per heavy atom. The summed E-state index contributed by atoms with van der Waals surface area (Å²) in [5.74, 6) is 0.889. The van der Waals surface area contributed by atoms with Gasteiger partial charge >= 0.3 is 6.61 Å². The molecular weight excluding hydrogens is 424 g/mol. The zero-order chi connectivity index (χ0) is 22.8. The third-order valence-corrected chi connectivity index (χ3v) is 7.29. The van der Waals surface area contributed by atoms with Crippen LogP contribution in [0.3, 0.4) is 0 Å². The molecule has 0 bridgehead atoms. The van der Waals surface area contributed by atoms with Crippen molar-refractivity contribution in [1.82, 2.24) is 15.1 Å². The molecule has 1 unspecified atom stereocenters. The van der Waals surface area contributed by atoms with Gasteiger partial charge in [0.15, 0.2) is 0 Å². The Labute approximate surface area is 193 Å². The van der Waals surface area contributed by atoms with Crippen molar-refractivity contribution < 1.29 is 18.3 Å². The number of piperidine rings is 2. The van der Waals surface area contributed by atoms with Crippen molar-refractivity contribution in [3.8, 4) is 5.75 Å². The molecule has 0 spiro atoms. The molecule has 0 radical (unpaired) electrons. The molecule has 0 saturated carbocycles. The van der Waals surface area contributed by atoms with E-state index < -0.39 is 6.61 Å². The lowest BCUT2D eigenvalue weighted by molar-refractivity contribution is -0.0498. The summed E-state index contributed by atoms with van der Waals surface area (Å²) in [4.78, 5) is 17.4. The number of nitrogens with one attached hydrogen (secondary N) is 1. The monoisotopic (exact) mass is 455 g/mol. The number of hydrogen-bond donors (Lipinski definition) is 1. The number of nitrogens with zero attached hydrogens (tertiary/aromatic N) is 2. The van der Waals surface area contributed by atoms with Gasteiger partial charge in [0.25, 0.3) is 5.91 Å². The van der Waals surface area contributed by atoms with Gasteiger partial charge in [-0.25, -0.2) is 0 Å². The quantitative estimate of drug-likeness (QED) is 0.703. The Hall–Kier alpha value is -2.51. The summed E-state index contributed by atoms with van der Waals surface area (Å²) in [7, 11) is 0. The molecule has 2 aromatic rings. The SMILES string of the molecule is O=C1c2ccc(C3CCN(Cc4ccc(OC(F)F)cc4)CC3)cc2CN1C1CCCNC1. The molecular formula is C26H31F2N3O2. The van der Waals surface area contributed by atoms with Gasteiger partial charge in [-0.2, -0.15) is 8.78 Å². The first-order valence-electron chi connectivity index (χ1n) is 12.0. The van der Waals surface area contributed by atoms with Crippen LogP contribution < -0.4 is 10.1 Å². The van der Waals surface area contributed by atoms with E-state index in [1.54, 1.807) is 12.1 Å². The van der Waals surface area contributed by atoms with Crippen LogP contribution in [0.15, 0.2) is 42.5 Å². The van der Waals surface area contributed by atoms with E-state index in [0.29, 0.717) is 12.0 Å². The molecule has 1 N–H and O–H groups in total. The number of fused-ring (bicyclic) bond motifs is 1. The average Bonchev–Trinajstić information content (AvgIpc) is 3.17. The van der Waals surface area contributed by atoms with Crippen LogP contribution in [0.25, 0.3) is 0 Å². The Balaban J connectivity index is 1.16. The average molecular weight is 456 g/mol. The van der Waals surface area contributed by atoms with Gasteiger partial charge in [0.05, 0.1) is 0 Å². The standard InChI is InChI=1S/C26H31F2N3O2/c27-26(28)33-23-6-3-18(4-7-23)16-30-12-9-19(10-13-30)20-5-8-24-21(14-20)17-31(25(24)32)22-2-1-11-29-15-22/h3-8,14,19,22,26,29H,1-2,9-13,15-17H2. The van der Waals surface area contributed by atoms with Crippen LogP contribution in [0.5, 0.6) is 5.75 Å². The lowest BCUT2D eigenvalue weighted by Crippen LogP contribution is -2.46. The second-order valence-corrected chi connectivity index (χ2v) is 9.42. The molecule has 7 heteroatoms. The van der Waals surface area contributed by atoms with Crippen molar-refractivity contribution in [3.05, 3.63) is 64.7 Å². The molecule has 33 heavy (non-hydrogen) atoms. The summed E-state index contributed by atoms with van der Waals surface area (Å²) in [5, 5.41) is 3.42. The summed E-state index contributed by atoms with van der Waals surface area (Å²) >= 11 is 0. The number of likely N-dealkylation sites (tertiary alicyclic amines) is 1. The molecule has 2 fully saturated rings. The normalized spacial score (nSPS) is 22.1. The van der Waals surface area contributed by atoms with E-state index in [1.165, 1.54) is 11.1 Å². The Morgan fingerprint density at radius 3 is 2.55 bits per heavy atom. The molecule has 3 aliphatic rings. The van der Waals surface area contributed by atoms with E-state index in [2.05, 4.69) is 32.0 Å². The van der Waals surface area contributed by atoms with Crippen LogP contribution in [0.1, 0.15) is 58.6 Å². The Bertz CT molecular complexity index is 968. The molecule has 0 aromatic heterocycles. The number of carbonyl (C=O) groups excluding carboxylic acids is 1. The topological polar surface area (TPSA) is 44.8 Å². The maximum absolute atomic E-state index is 12.9. The predicted octanol–water partition coefficient (Wildman–Crippen LogP) is 4.38. The minimum Gasteiger partial charge on any atom is -0.435 e. The van der Waals surface area contributed by atoms with Crippen LogP contribution >= 0.6 is 0 Å². The van der Waals surface area contributed by atoms with Crippen LogP contribution in [0.2, 0.25) is 0 Å². The van der Waals surface area contributed by atoms with Crippen LogP contribution in [0.4, 0.5) is 8.78 Å². The highest BCUT2D eigenvalue weighted by atomic mass is 19.3. The van der Waals surface area contributed by atoms with Crippen molar-refractivity contribution in [1.29, 1.82) is 0 Å². The lowest BCUT2D eigenvalue weighted by atomic mass is 9.87. The van der Waals surface area contributed by atoms with E-state index in [9.17, 15) is 13.6 Å². The Morgan fingerprint density at radius 2 is 1.85 bits per heavy atom. The second-order valence-electron chi connectivity index (χ2n) is 9.42. The van der Waals surface area contributed by atoms with Gasteiger partial charge < -0.3 is 15.0 Å². The number of carbonyl (C=O) groups is 1. The van der Waals surface area contributed by atoms with Gasteiger partial charge in [0.2, 0.25) is 0 Å². The van der Waals surface area contributed by atoms with Gasteiger partial charge in [-0.1, -0.05) is 24.3 Å². The molecule has 1 atom stereocenters. The summed E-state index contributed by atoms with van der Waals surface area (Å²) in [6.45, 7) is 2.69. The summed E-state index contributed by atoms with van der Waals surface area (Å²) < 4.78 is 29.1. The van der Waals surface area contributed by atoms with Crippen molar-refractivity contribution in [2.45, 2.75) is 57.3 Å². The molecule has 2 saturated heterocycles. The Kier molecular flexibility index (Phi) is 6.60. The fourth-order valence-corrected chi connectivity index (χ4v) is 5.47. The van der Waals surface area contributed by atoms with Crippen LogP contribution in [-0.4, -0.2) is 54.5 Å². The number of alkyl halides is 2. The number of amides is 1. The number of ether oxygens (including phenoxy) is 1. The highest BCUT2D eigenvalue weighted by molar-refractivity contribution is 5.98. The van der Waals surface area contributed by atoms with Crippen LogP contribution in [-0.2, 0) is 13.1 Å². The largest absolute Gasteiger partial charge is 0.435 e. The predicted molar refractivity (Wildman–Crippen MR) is 123 cm³/mol. The fraction of sp³-hybridized carbons (Fsp3) is 0.500. The van der Waals surface area contributed by atoms with E-state index in [4.69, 9.17) is 0 Å². The molecule has 5 nitrogen and oxygen atoms in total. The third-order valence-electron chi connectivity index (χ3n) is 7.29. The molecule has 0 aliphatic carbocycles. The first kappa shape index (κ1) is 22.3. The minimum absolute atomic E-state index is 0.185. The molecule has 176 valence electrons. The highest BCUT2D eigenvalue weighted by Gasteiger charge is 2.34. The van der Waals surface area contributed by atoms with Crippen molar-refractivity contribution in [3.63, 3.8) is 0 Å². The lowest BCUT2D eigenvalue weighted by Gasteiger charge is -2.32. The highest BCUT2D eigenvalue weighted by Crippen LogP contribution is 2.33. The first-order valence-corrected chi connectivity index (χ1v) is 12.0. The molecule has 3 aliphatic heterocycles. The molecule has 5 rings (SSSR count). The first-order chi connectivity index (χ1) is 16.1. The van der Waals surface area contributed by atoms with E-state index in [0.717, 1.165) is 76.1 Å².